The summed E-state index contributed by atoms with van der Waals surface area (Å²) in [5.74, 6) is 0.605. The second-order valence-corrected chi connectivity index (χ2v) is 7.58. The van der Waals surface area contributed by atoms with Gasteiger partial charge in [-0.2, -0.15) is 0 Å². The monoisotopic (exact) mass is 300 g/mol. The summed E-state index contributed by atoms with van der Waals surface area (Å²) in [4.78, 5) is 12.6. The number of fused-ring (bicyclic) bond motifs is 1. The highest BCUT2D eigenvalue weighted by Gasteiger charge is 2.22. The van der Waals surface area contributed by atoms with Gasteiger partial charge in [-0.05, 0) is 26.8 Å². The predicted octanol–water partition coefficient (Wildman–Crippen LogP) is 2.87. The molecule has 2 heterocycles. The van der Waals surface area contributed by atoms with E-state index in [0.29, 0.717) is 5.75 Å². The third-order valence-electron chi connectivity index (χ3n) is 3.14. The van der Waals surface area contributed by atoms with E-state index in [1.54, 1.807) is 30.2 Å². The Morgan fingerprint density at radius 2 is 2.32 bits per heavy atom. The van der Waals surface area contributed by atoms with Crippen LogP contribution in [0.1, 0.15) is 31.7 Å². The van der Waals surface area contributed by atoms with Crippen LogP contribution >= 0.6 is 23.1 Å². The highest BCUT2D eigenvalue weighted by Crippen LogP contribution is 2.40. The second-order valence-electron chi connectivity index (χ2n) is 5.25. The van der Waals surface area contributed by atoms with Crippen molar-refractivity contribution in [2.24, 2.45) is 0 Å². The molecule has 0 aromatic carbocycles. The van der Waals surface area contributed by atoms with Crippen molar-refractivity contribution in [1.82, 2.24) is 5.32 Å². The van der Waals surface area contributed by atoms with Gasteiger partial charge in [0.15, 0.2) is 0 Å². The van der Waals surface area contributed by atoms with Gasteiger partial charge in [0.25, 0.3) is 0 Å². The van der Waals surface area contributed by atoms with E-state index in [2.05, 4.69) is 37.5 Å². The maximum Gasteiger partial charge on any atom is 0.234 e. The fraction of sp³-hybridized carbons (Fsp3) is 0.615. The minimum Gasteiger partial charge on any atom is -0.377 e. The van der Waals surface area contributed by atoms with Crippen LogP contribution in [0.3, 0.4) is 0 Å². The molecular weight excluding hydrogens is 280 g/mol. The molecule has 0 saturated carbocycles. The summed E-state index contributed by atoms with van der Waals surface area (Å²) in [5.41, 5.74) is 0.787. The van der Waals surface area contributed by atoms with Crippen LogP contribution in [0.25, 0.3) is 0 Å². The van der Waals surface area contributed by atoms with Crippen LogP contribution in [0.4, 0.5) is 5.69 Å². The van der Waals surface area contributed by atoms with Crippen molar-refractivity contribution in [3.8, 4) is 0 Å². The number of thioether (sulfide) groups is 1. The van der Waals surface area contributed by atoms with Gasteiger partial charge in [0.05, 0.1) is 21.3 Å². The van der Waals surface area contributed by atoms with Crippen LogP contribution in [0, 0.1) is 0 Å². The Hall–Kier alpha value is -0.560. The zero-order valence-corrected chi connectivity index (χ0v) is 13.3. The summed E-state index contributed by atoms with van der Waals surface area (Å²) in [6, 6.07) is 2.32. The lowest BCUT2D eigenvalue weighted by Crippen LogP contribution is -2.37. The smallest absolute Gasteiger partial charge is 0.234 e. The molecule has 1 aromatic rings. The van der Waals surface area contributed by atoms with E-state index in [4.69, 9.17) is 4.74 Å². The van der Waals surface area contributed by atoms with Crippen LogP contribution in [-0.2, 0) is 9.53 Å². The number of ether oxygens (including phenoxy) is 1. The van der Waals surface area contributed by atoms with Crippen molar-refractivity contribution in [1.29, 1.82) is 0 Å². The Morgan fingerprint density at radius 1 is 1.58 bits per heavy atom. The van der Waals surface area contributed by atoms with E-state index in [1.165, 1.54) is 9.09 Å². The molecule has 2 N–H and O–H groups in total. The average molecular weight is 300 g/mol. The van der Waals surface area contributed by atoms with Crippen molar-refractivity contribution < 1.29 is 9.53 Å². The van der Waals surface area contributed by atoms with Crippen LogP contribution < -0.4 is 10.6 Å². The maximum absolute atomic E-state index is 11.3. The van der Waals surface area contributed by atoms with Crippen LogP contribution in [0.5, 0.6) is 0 Å². The van der Waals surface area contributed by atoms with Gasteiger partial charge in [-0.3, -0.25) is 4.79 Å². The summed E-state index contributed by atoms with van der Waals surface area (Å²) in [7, 11) is 1.72. The molecule has 1 aliphatic heterocycles. The van der Waals surface area contributed by atoms with Crippen molar-refractivity contribution in [2.75, 3.05) is 24.7 Å². The number of carbonyl (C=O) groups excluding carboxylic acids is 1. The number of nitrogens with one attached hydrogen (secondary N) is 2. The Kier molecular flexibility index (Phi) is 4.55. The summed E-state index contributed by atoms with van der Waals surface area (Å²) in [6.45, 7) is 7.03. The lowest BCUT2D eigenvalue weighted by atomic mass is 10.1. The molecule has 2 rings (SSSR count). The average Bonchev–Trinajstić information content (AvgIpc) is 2.79. The summed E-state index contributed by atoms with van der Waals surface area (Å²) in [6.07, 6.45) is 0. The summed E-state index contributed by atoms with van der Waals surface area (Å²) >= 11 is 3.37. The predicted molar refractivity (Wildman–Crippen MR) is 81.2 cm³/mol. The fourth-order valence-electron chi connectivity index (χ4n) is 1.69. The number of amides is 1. The molecule has 0 radical (unpaired) electrons. The number of thiophene rings is 1. The minimum atomic E-state index is -0.173. The lowest BCUT2D eigenvalue weighted by Gasteiger charge is -2.25. The number of hydrogen-bond donors (Lipinski definition) is 2. The largest absolute Gasteiger partial charge is 0.377 e. The maximum atomic E-state index is 11.3. The first kappa shape index (κ1) is 14.8. The molecular formula is C13H20N2O2S2. The minimum absolute atomic E-state index is 0.0861. The van der Waals surface area contributed by atoms with E-state index in [0.717, 1.165) is 12.2 Å². The third-order valence-corrected chi connectivity index (χ3v) is 5.74. The molecule has 0 bridgehead atoms. The van der Waals surface area contributed by atoms with Gasteiger partial charge in [-0.1, -0.05) is 0 Å². The van der Waals surface area contributed by atoms with Crippen LogP contribution in [0.2, 0.25) is 0 Å². The van der Waals surface area contributed by atoms with Crippen molar-refractivity contribution in [3.05, 3.63) is 10.9 Å². The van der Waals surface area contributed by atoms with Crippen LogP contribution in [0.15, 0.2) is 10.3 Å². The summed E-state index contributed by atoms with van der Waals surface area (Å²) < 4.78 is 6.60. The lowest BCUT2D eigenvalue weighted by molar-refractivity contribution is -0.113. The van der Waals surface area contributed by atoms with Gasteiger partial charge in [-0.25, -0.2) is 0 Å². The molecule has 1 aliphatic rings. The van der Waals surface area contributed by atoms with Gasteiger partial charge in [0.2, 0.25) is 5.91 Å². The molecule has 0 aliphatic carbocycles. The Morgan fingerprint density at radius 3 is 3.00 bits per heavy atom. The molecule has 106 valence electrons. The molecule has 19 heavy (non-hydrogen) atoms. The number of methoxy groups -OCH3 is 1. The van der Waals surface area contributed by atoms with Crippen molar-refractivity contribution >= 4 is 34.7 Å². The normalized spacial score (nSPS) is 16.9. The third kappa shape index (κ3) is 3.72. The van der Waals surface area contributed by atoms with Gasteiger partial charge in [0.1, 0.15) is 0 Å². The van der Waals surface area contributed by atoms with E-state index in [9.17, 15) is 4.79 Å². The standard InChI is InChI=1S/C13H20N2O2S2/c1-8(14-7-13(2,3)17-4)10-5-9-12(19-10)18-6-11(16)15-9/h5,8,14H,6-7H2,1-4H3,(H,15,16)/t8-/m1/s1. The van der Waals surface area contributed by atoms with E-state index < -0.39 is 0 Å². The SMILES string of the molecule is COC(C)(C)CN[C@H](C)c1cc2c(s1)SCC(=O)N2. The number of carbonyl (C=O) groups is 1. The highest BCUT2D eigenvalue weighted by atomic mass is 32.2. The molecule has 1 amide bonds. The topological polar surface area (TPSA) is 50.4 Å². The number of rotatable bonds is 5. The van der Waals surface area contributed by atoms with E-state index in [-0.39, 0.29) is 17.6 Å². The Balaban J connectivity index is 2.00. The second kappa shape index (κ2) is 5.83. The molecule has 0 saturated heterocycles. The van der Waals surface area contributed by atoms with Crippen molar-refractivity contribution in [2.45, 2.75) is 36.6 Å². The zero-order chi connectivity index (χ0) is 14.0. The van der Waals surface area contributed by atoms with Gasteiger partial charge in [-0.15, -0.1) is 23.1 Å². The highest BCUT2D eigenvalue weighted by molar-refractivity contribution is 8.02. The van der Waals surface area contributed by atoms with Gasteiger partial charge in [0, 0.05) is 24.6 Å². The Bertz CT molecular complexity index is 471. The first-order valence-electron chi connectivity index (χ1n) is 6.26. The van der Waals surface area contributed by atoms with Crippen LogP contribution in [-0.4, -0.2) is 30.9 Å². The van der Waals surface area contributed by atoms with E-state index >= 15 is 0 Å². The molecule has 0 fully saturated rings. The summed E-state index contributed by atoms with van der Waals surface area (Å²) in [5, 5.41) is 6.39. The van der Waals surface area contributed by atoms with Crippen molar-refractivity contribution in [3.63, 3.8) is 0 Å². The zero-order valence-electron chi connectivity index (χ0n) is 11.7. The first-order valence-corrected chi connectivity index (χ1v) is 8.06. The first-order chi connectivity index (χ1) is 8.91. The van der Waals surface area contributed by atoms with E-state index in [1.807, 2.05) is 0 Å². The van der Waals surface area contributed by atoms with Gasteiger partial charge < -0.3 is 15.4 Å². The quantitative estimate of drug-likeness (QED) is 0.878. The molecule has 4 nitrogen and oxygen atoms in total. The molecule has 0 spiro atoms. The number of hydrogen-bond acceptors (Lipinski definition) is 5. The van der Waals surface area contributed by atoms with Gasteiger partial charge >= 0.3 is 0 Å². The Labute approximate surface area is 122 Å². The molecule has 1 aromatic heterocycles. The molecule has 6 heteroatoms. The molecule has 1 atom stereocenters. The number of anilines is 1. The molecule has 0 unspecified atom stereocenters. The fourth-order valence-corrected chi connectivity index (χ4v) is 3.86.